The molecule has 0 spiro atoms. The summed E-state index contributed by atoms with van der Waals surface area (Å²) < 4.78 is 17.1. The number of hydrogen-bond donors (Lipinski definition) is 2. The van der Waals surface area contributed by atoms with Gasteiger partial charge in [-0.3, -0.25) is 9.59 Å². The number of nitrogens with zero attached hydrogens (tertiary/aromatic N) is 1. The van der Waals surface area contributed by atoms with Crippen LogP contribution < -0.4 is 10.4 Å². The van der Waals surface area contributed by atoms with Crippen LogP contribution in [0.5, 0.6) is 0 Å². The van der Waals surface area contributed by atoms with E-state index in [1.54, 1.807) is 44.2 Å². The molecule has 0 amide bonds. The molecule has 3 N–H and O–H groups in total. The Kier molecular flexibility index (Phi) is 8.20. The minimum atomic E-state index is -1.17. The summed E-state index contributed by atoms with van der Waals surface area (Å²) in [5.74, 6) is -3.03. The highest BCUT2D eigenvalue weighted by Crippen LogP contribution is 2.20. The number of nitrogens with two attached hydrogens (primary N) is 1. The van der Waals surface area contributed by atoms with Crippen molar-refractivity contribution < 1.29 is 33.3 Å². The molecule has 0 saturated carbocycles. The first kappa shape index (κ1) is 22.4. The number of carbonyl (C=O) groups excluding carboxylic acids is 3. The average molecular weight is 469 g/mol. The molecule has 0 bridgehead atoms. The van der Waals surface area contributed by atoms with Gasteiger partial charge in [0.15, 0.2) is 23.9 Å². The summed E-state index contributed by atoms with van der Waals surface area (Å²) in [6.07, 6.45) is 0. The number of rotatable bonds is 9. The van der Waals surface area contributed by atoms with Gasteiger partial charge in [0.05, 0.1) is 13.2 Å². The number of aromatic nitrogens is 2. The first-order valence-corrected chi connectivity index (χ1v) is 9.82. The summed E-state index contributed by atoms with van der Waals surface area (Å²) in [5, 5.41) is 2.79. The van der Waals surface area contributed by atoms with Crippen molar-refractivity contribution in [2.45, 2.75) is 26.3 Å². The smallest absolute Gasteiger partial charge is 0.349 e. The van der Waals surface area contributed by atoms with Gasteiger partial charge in [0.25, 0.3) is 4.60 Å². The van der Waals surface area contributed by atoms with Crippen LogP contribution in [0.2, 0.25) is 0 Å². The fourth-order valence-corrected chi connectivity index (χ4v) is 3.25. The summed E-state index contributed by atoms with van der Waals surface area (Å²) in [5.41, 5.74) is 6.47. The molecule has 1 aromatic heterocycles. The van der Waals surface area contributed by atoms with E-state index in [-0.39, 0.29) is 37.7 Å². The lowest BCUT2D eigenvalue weighted by Gasteiger charge is -2.14. The van der Waals surface area contributed by atoms with Gasteiger partial charge in [-0.15, -0.1) is 5.10 Å². The second kappa shape index (κ2) is 10.6. The third kappa shape index (κ3) is 5.57. The molecule has 1 aromatic carbocycles. The maximum atomic E-state index is 12.5. The quantitative estimate of drug-likeness (QED) is 0.248. The van der Waals surface area contributed by atoms with Crippen molar-refractivity contribution in [1.29, 1.82) is 0 Å². The Hall–Kier alpha value is -2.88. The molecule has 2 rings (SSSR count). The van der Waals surface area contributed by atoms with E-state index in [2.05, 4.69) is 21.0 Å². The van der Waals surface area contributed by atoms with Crippen molar-refractivity contribution in [3.63, 3.8) is 0 Å². The molecule has 1 atom stereocenters. The van der Waals surface area contributed by atoms with E-state index in [4.69, 9.17) is 19.9 Å². The van der Waals surface area contributed by atoms with E-state index in [1.165, 1.54) is 4.68 Å². The second-order valence-corrected chi connectivity index (χ2v) is 6.58. The molecule has 0 aliphatic rings. The zero-order valence-electron chi connectivity index (χ0n) is 16.1. The van der Waals surface area contributed by atoms with Gasteiger partial charge in [0.2, 0.25) is 6.54 Å². The molecule has 1 heterocycles. The molecule has 0 saturated heterocycles. The van der Waals surface area contributed by atoms with E-state index < -0.39 is 23.8 Å². The Morgan fingerprint density at radius 3 is 2.31 bits per heavy atom. The van der Waals surface area contributed by atoms with Gasteiger partial charge in [-0.1, -0.05) is 35.0 Å². The van der Waals surface area contributed by atoms with Crippen LogP contribution in [-0.4, -0.2) is 42.8 Å². The lowest BCUT2D eigenvalue weighted by molar-refractivity contribution is -0.759. The van der Waals surface area contributed by atoms with E-state index >= 15 is 0 Å². The van der Waals surface area contributed by atoms with Gasteiger partial charge in [0, 0.05) is 15.9 Å². The Bertz CT molecular complexity index is 868. The van der Waals surface area contributed by atoms with Crippen molar-refractivity contribution in [3.05, 3.63) is 46.1 Å². The average Bonchev–Trinajstić information content (AvgIpc) is 2.96. The zero-order valence-corrected chi connectivity index (χ0v) is 17.7. The number of H-pyrrole nitrogens is 1. The van der Waals surface area contributed by atoms with Gasteiger partial charge >= 0.3 is 17.9 Å². The van der Waals surface area contributed by atoms with Crippen LogP contribution in [0.3, 0.4) is 0 Å². The lowest BCUT2D eigenvalue weighted by Crippen LogP contribution is -2.40. The molecular weight excluding hydrogens is 446 g/mol. The number of ether oxygens (including phenoxy) is 3. The highest BCUT2D eigenvalue weighted by Gasteiger charge is 2.32. The topological polar surface area (TPSA) is 125 Å². The van der Waals surface area contributed by atoms with Gasteiger partial charge < -0.3 is 19.9 Å². The van der Waals surface area contributed by atoms with Crippen molar-refractivity contribution in [1.82, 2.24) is 5.10 Å². The van der Waals surface area contributed by atoms with Crippen molar-refractivity contribution in [2.75, 3.05) is 25.6 Å². The maximum absolute atomic E-state index is 12.5. The molecule has 0 aliphatic carbocycles. The molecule has 9 nitrogen and oxygen atoms in total. The molecule has 1 unspecified atom stereocenters. The minimum Gasteiger partial charge on any atom is -0.465 e. The highest BCUT2D eigenvalue weighted by molar-refractivity contribution is 9.10. The Labute approximate surface area is 176 Å². The molecule has 0 fully saturated rings. The number of aromatic amines is 1. The number of carbonyl (C=O) groups is 3. The number of nitrogens with one attached hydrogen (secondary N) is 1. The summed E-state index contributed by atoms with van der Waals surface area (Å²) in [7, 11) is 0. The summed E-state index contributed by atoms with van der Waals surface area (Å²) in [4.78, 5) is 36.8. The van der Waals surface area contributed by atoms with E-state index in [0.29, 0.717) is 10.2 Å². The van der Waals surface area contributed by atoms with Gasteiger partial charge in [0.1, 0.15) is 0 Å². The minimum absolute atomic E-state index is 0.0624. The molecule has 10 heteroatoms. The van der Waals surface area contributed by atoms with E-state index in [1.807, 2.05) is 0 Å². The number of esters is 3. The number of nitrogen functional groups attached to an aromatic ring is 1. The monoisotopic (exact) mass is 468 g/mol. The maximum Gasteiger partial charge on any atom is 0.349 e. The van der Waals surface area contributed by atoms with Crippen molar-refractivity contribution in [3.8, 4) is 0 Å². The molecular formula is C19H23BrN3O6+. The molecule has 2 aromatic rings. The van der Waals surface area contributed by atoms with Gasteiger partial charge in [-0.05, 0) is 19.4 Å². The first-order valence-electron chi connectivity index (χ1n) is 9.02. The van der Waals surface area contributed by atoms with Crippen LogP contribution in [0.25, 0.3) is 0 Å². The van der Waals surface area contributed by atoms with Crippen LogP contribution in [0.4, 0.5) is 5.82 Å². The Balaban J connectivity index is 2.07. The number of hydrogen-bond acceptors (Lipinski definition) is 7. The van der Waals surface area contributed by atoms with Crippen LogP contribution >= 0.6 is 15.9 Å². The Morgan fingerprint density at radius 2 is 1.69 bits per heavy atom. The summed E-state index contributed by atoms with van der Waals surface area (Å²) >= 11 is 3.29. The van der Waals surface area contributed by atoms with Crippen molar-refractivity contribution in [2.24, 2.45) is 0 Å². The number of benzene rings is 1. The Morgan fingerprint density at radius 1 is 1.07 bits per heavy atom. The largest absolute Gasteiger partial charge is 0.465 e. The lowest BCUT2D eigenvalue weighted by atomic mass is 9.99. The molecule has 0 radical (unpaired) electrons. The van der Waals surface area contributed by atoms with Crippen molar-refractivity contribution >= 4 is 39.7 Å². The third-order valence-corrected chi connectivity index (χ3v) is 4.72. The second-order valence-electron chi connectivity index (χ2n) is 5.83. The first-order chi connectivity index (χ1) is 13.9. The van der Waals surface area contributed by atoms with Gasteiger partial charge in [-0.2, -0.15) is 0 Å². The number of halogens is 1. The summed E-state index contributed by atoms with van der Waals surface area (Å²) in [6, 6.07) is 8.54. The van der Waals surface area contributed by atoms with E-state index in [9.17, 15) is 14.4 Å². The van der Waals surface area contributed by atoms with Crippen LogP contribution in [-0.2, 0) is 30.3 Å². The van der Waals surface area contributed by atoms with Crippen LogP contribution in [0, 0.1) is 0 Å². The third-order valence-electron chi connectivity index (χ3n) is 3.90. The predicted octanol–water partition coefficient (Wildman–Crippen LogP) is 1.71. The normalized spacial score (nSPS) is 11.6. The fraction of sp³-hybridized carbons (Fsp3) is 0.368. The zero-order chi connectivity index (χ0) is 21.4. The van der Waals surface area contributed by atoms with Crippen LogP contribution in [0.15, 0.2) is 34.9 Å². The number of anilines is 1. The van der Waals surface area contributed by atoms with E-state index in [0.717, 1.165) is 0 Å². The van der Waals surface area contributed by atoms with Crippen LogP contribution in [0.1, 0.15) is 35.7 Å². The highest BCUT2D eigenvalue weighted by atomic mass is 79.9. The molecule has 29 heavy (non-hydrogen) atoms. The SMILES string of the molecule is CCOC(=O)c1c(N)[nH][n+](CCOC(=O)C(C(=O)OCC)c2ccccc2)c1Br. The summed E-state index contributed by atoms with van der Waals surface area (Å²) in [6.45, 7) is 3.82. The standard InChI is InChI=1S/C19H22BrN3O6/c1-3-27-17(24)13(12-8-6-5-7-9-12)18(25)29-11-10-23-15(20)14(16(21)22-23)19(26)28-4-2/h5-9,13H,3-4,10-11H2,1-2H3,(H2,21,22)/p+1. The molecule has 156 valence electrons. The van der Waals surface area contributed by atoms with Gasteiger partial charge in [-0.25, -0.2) is 4.79 Å². The predicted molar refractivity (Wildman–Crippen MR) is 106 cm³/mol. The molecule has 0 aliphatic heterocycles. The fourth-order valence-electron chi connectivity index (χ4n) is 2.61.